The molecular weight excluding hydrogens is 344 g/mol. The molecule has 21 heavy (non-hydrogen) atoms. The van der Waals surface area contributed by atoms with Gasteiger partial charge in [0.15, 0.2) is 10.6 Å². The SMILES string of the molecule is CCOC(CNS(=O)(=O)c1cc([N+](=O)[O-])c(Cl)s1)OCC. The van der Waals surface area contributed by atoms with Crippen LogP contribution in [-0.4, -0.2) is 39.4 Å². The van der Waals surface area contributed by atoms with Crippen LogP contribution in [0.5, 0.6) is 0 Å². The van der Waals surface area contributed by atoms with Gasteiger partial charge in [0.05, 0.1) is 11.5 Å². The molecule has 0 atom stereocenters. The quantitative estimate of drug-likeness (QED) is 0.411. The van der Waals surface area contributed by atoms with Gasteiger partial charge in [-0.05, 0) is 13.8 Å². The van der Waals surface area contributed by atoms with E-state index in [1.54, 1.807) is 13.8 Å². The van der Waals surface area contributed by atoms with E-state index in [1.807, 2.05) is 0 Å². The summed E-state index contributed by atoms with van der Waals surface area (Å²) in [6, 6.07) is 0.922. The molecule has 0 saturated carbocycles. The first-order valence-electron chi connectivity index (χ1n) is 5.98. The number of halogens is 1. The number of hydrogen-bond acceptors (Lipinski definition) is 7. The fourth-order valence-corrected chi connectivity index (χ4v) is 4.11. The summed E-state index contributed by atoms with van der Waals surface area (Å²) in [5, 5.41) is 10.7. The predicted molar refractivity (Wildman–Crippen MR) is 78.2 cm³/mol. The van der Waals surface area contributed by atoms with E-state index in [4.69, 9.17) is 21.1 Å². The Bertz CT molecular complexity index is 582. The molecule has 1 heterocycles. The topological polar surface area (TPSA) is 108 Å². The molecule has 0 amide bonds. The highest BCUT2D eigenvalue weighted by Crippen LogP contribution is 2.36. The molecule has 0 radical (unpaired) electrons. The van der Waals surface area contributed by atoms with E-state index >= 15 is 0 Å². The van der Waals surface area contributed by atoms with Gasteiger partial charge >= 0.3 is 0 Å². The second kappa shape index (κ2) is 8.01. The second-order valence-electron chi connectivity index (χ2n) is 3.67. The first-order valence-corrected chi connectivity index (χ1v) is 8.66. The van der Waals surface area contributed by atoms with Crippen molar-refractivity contribution in [3.05, 3.63) is 20.5 Å². The Morgan fingerprint density at radius 1 is 1.43 bits per heavy atom. The van der Waals surface area contributed by atoms with E-state index in [0.717, 1.165) is 6.07 Å². The molecule has 0 fully saturated rings. The van der Waals surface area contributed by atoms with Crippen molar-refractivity contribution in [1.29, 1.82) is 0 Å². The number of ether oxygens (including phenoxy) is 2. The first kappa shape index (κ1) is 18.3. The molecule has 120 valence electrons. The Balaban J connectivity index is 2.81. The fourth-order valence-electron chi connectivity index (χ4n) is 1.38. The van der Waals surface area contributed by atoms with Crippen molar-refractivity contribution in [2.24, 2.45) is 0 Å². The van der Waals surface area contributed by atoms with Gasteiger partial charge in [-0.2, -0.15) is 0 Å². The lowest BCUT2D eigenvalue weighted by atomic mass is 10.6. The van der Waals surface area contributed by atoms with Gasteiger partial charge in [-0.15, -0.1) is 11.3 Å². The molecule has 1 aromatic heterocycles. The Morgan fingerprint density at radius 2 is 2.00 bits per heavy atom. The summed E-state index contributed by atoms with van der Waals surface area (Å²) in [4.78, 5) is 9.94. The van der Waals surface area contributed by atoms with Gasteiger partial charge < -0.3 is 9.47 Å². The molecule has 11 heteroatoms. The van der Waals surface area contributed by atoms with Crippen LogP contribution in [0.1, 0.15) is 13.8 Å². The maximum atomic E-state index is 12.0. The van der Waals surface area contributed by atoms with Crippen LogP contribution in [0.15, 0.2) is 10.3 Å². The van der Waals surface area contributed by atoms with Gasteiger partial charge in [-0.3, -0.25) is 10.1 Å². The summed E-state index contributed by atoms with van der Waals surface area (Å²) in [5.74, 6) is 0. The van der Waals surface area contributed by atoms with Crippen LogP contribution in [0.25, 0.3) is 0 Å². The van der Waals surface area contributed by atoms with Gasteiger partial charge in [0.2, 0.25) is 0 Å². The summed E-state index contributed by atoms with van der Waals surface area (Å²) < 4.78 is 36.3. The molecule has 0 saturated heterocycles. The van der Waals surface area contributed by atoms with Gasteiger partial charge in [-0.1, -0.05) is 11.6 Å². The lowest BCUT2D eigenvalue weighted by Crippen LogP contribution is -2.35. The van der Waals surface area contributed by atoms with Crippen LogP contribution in [0.2, 0.25) is 4.34 Å². The number of thiophene rings is 1. The van der Waals surface area contributed by atoms with E-state index in [-0.39, 0.29) is 15.1 Å². The lowest BCUT2D eigenvalue weighted by molar-refractivity contribution is -0.384. The Morgan fingerprint density at radius 3 is 2.43 bits per heavy atom. The zero-order valence-electron chi connectivity index (χ0n) is 11.4. The molecule has 0 aliphatic rings. The van der Waals surface area contributed by atoms with Crippen molar-refractivity contribution in [1.82, 2.24) is 4.72 Å². The van der Waals surface area contributed by atoms with E-state index in [9.17, 15) is 18.5 Å². The monoisotopic (exact) mass is 358 g/mol. The largest absolute Gasteiger partial charge is 0.352 e. The summed E-state index contributed by atoms with van der Waals surface area (Å²) in [6.45, 7) is 4.13. The molecule has 0 aromatic carbocycles. The second-order valence-corrected chi connectivity index (χ2v) is 7.32. The standard InChI is InChI=1S/C10H15ClN2O6S2/c1-3-18-8(19-4-2)6-12-21(16,17)9-5-7(13(14)15)10(11)20-9/h5,8,12H,3-4,6H2,1-2H3. The van der Waals surface area contributed by atoms with E-state index in [2.05, 4.69) is 4.72 Å². The van der Waals surface area contributed by atoms with Crippen molar-refractivity contribution in [2.45, 2.75) is 24.3 Å². The van der Waals surface area contributed by atoms with Gasteiger partial charge in [-0.25, -0.2) is 13.1 Å². The maximum absolute atomic E-state index is 12.0. The minimum absolute atomic E-state index is 0.104. The average Bonchev–Trinajstić information content (AvgIpc) is 2.80. The lowest BCUT2D eigenvalue weighted by Gasteiger charge is -2.16. The van der Waals surface area contributed by atoms with Crippen LogP contribution in [0, 0.1) is 10.1 Å². The number of nitro groups is 1. The molecular formula is C10H15ClN2O6S2. The molecule has 0 spiro atoms. The molecule has 0 aliphatic carbocycles. The van der Waals surface area contributed by atoms with Crippen LogP contribution in [0.3, 0.4) is 0 Å². The number of hydrogen-bond donors (Lipinski definition) is 1. The summed E-state index contributed by atoms with van der Waals surface area (Å²) in [5.41, 5.74) is -0.437. The third-order valence-electron chi connectivity index (χ3n) is 2.25. The van der Waals surface area contributed by atoms with Crippen molar-refractivity contribution < 1.29 is 22.8 Å². The fraction of sp³-hybridized carbons (Fsp3) is 0.600. The van der Waals surface area contributed by atoms with Crippen LogP contribution in [0.4, 0.5) is 5.69 Å². The minimum Gasteiger partial charge on any atom is -0.352 e. The Hall–Kier alpha value is -0.780. The third kappa shape index (κ3) is 5.16. The Labute approximate surface area is 131 Å². The predicted octanol–water partition coefficient (Wildman–Crippen LogP) is 1.99. The zero-order chi connectivity index (χ0) is 16.0. The van der Waals surface area contributed by atoms with Crippen molar-refractivity contribution in [3.8, 4) is 0 Å². The number of nitrogens with one attached hydrogen (secondary N) is 1. The van der Waals surface area contributed by atoms with Crippen molar-refractivity contribution in [3.63, 3.8) is 0 Å². The third-order valence-corrected chi connectivity index (χ3v) is 5.49. The number of nitrogens with zero attached hydrogens (tertiary/aromatic N) is 1. The first-order chi connectivity index (χ1) is 9.81. The highest BCUT2D eigenvalue weighted by atomic mass is 35.5. The molecule has 0 bridgehead atoms. The summed E-state index contributed by atoms with van der Waals surface area (Å²) >= 11 is 6.26. The highest BCUT2D eigenvalue weighted by Gasteiger charge is 2.26. The van der Waals surface area contributed by atoms with Gasteiger partial charge in [0.1, 0.15) is 4.21 Å². The summed E-state index contributed by atoms with van der Waals surface area (Å²) in [7, 11) is -3.91. The van der Waals surface area contributed by atoms with Crippen molar-refractivity contribution >= 4 is 38.6 Å². The number of rotatable bonds is 9. The molecule has 1 rings (SSSR count). The van der Waals surface area contributed by atoms with Gasteiger partial charge in [0.25, 0.3) is 15.7 Å². The van der Waals surface area contributed by atoms with Crippen LogP contribution >= 0.6 is 22.9 Å². The van der Waals surface area contributed by atoms with E-state index in [0.29, 0.717) is 24.6 Å². The van der Waals surface area contributed by atoms with Crippen molar-refractivity contribution in [2.75, 3.05) is 19.8 Å². The van der Waals surface area contributed by atoms with Crippen LogP contribution < -0.4 is 4.72 Å². The normalized spacial score (nSPS) is 12.0. The maximum Gasteiger partial charge on any atom is 0.300 e. The zero-order valence-corrected chi connectivity index (χ0v) is 13.8. The van der Waals surface area contributed by atoms with E-state index < -0.39 is 26.9 Å². The van der Waals surface area contributed by atoms with E-state index in [1.165, 1.54) is 0 Å². The smallest absolute Gasteiger partial charge is 0.300 e. The molecule has 1 aromatic rings. The molecule has 0 unspecified atom stereocenters. The summed E-state index contributed by atoms with van der Waals surface area (Å²) in [6.07, 6.45) is -0.722. The molecule has 1 N–H and O–H groups in total. The molecule has 8 nitrogen and oxygen atoms in total. The Kier molecular flexibility index (Phi) is 6.97. The average molecular weight is 359 g/mol. The number of sulfonamides is 1. The van der Waals surface area contributed by atoms with Gasteiger partial charge in [0, 0.05) is 19.3 Å². The van der Waals surface area contributed by atoms with Crippen LogP contribution in [-0.2, 0) is 19.5 Å². The molecule has 0 aliphatic heterocycles. The minimum atomic E-state index is -3.91. The highest BCUT2D eigenvalue weighted by molar-refractivity contribution is 7.91.